The van der Waals surface area contributed by atoms with E-state index in [0.29, 0.717) is 10.0 Å². The average Bonchev–Trinajstić information content (AvgIpc) is 3.06. The lowest BCUT2D eigenvalue weighted by atomic mass is 10.2. The first-order valence-corrected chi connectivity index (χ1v) is 7.80. The highest BCUT2D eigenvalue weighted by Crippen LogP contribution is 2.32. The number of hydrogen-bond donors (Lipinski definition) is 0. The summed E-state index contributed by atoms with van der Waals surface area (Å²) in [6, 6.07) is 13.5. The minimum Gasteiger partial charge on any atom is -0.328 e. The molecule has 4 aromatic rings. The van der Waals surface area contributed by atoms with E-state index in [4.69, 9.17) is 28.2 Å². The molecule has 0 spiro atoms. The molecule has 6 heteroatoms. The zero-order chi connectivity index (χ0) is 16.0. The SMILES string of the molecule is CN(c1ccc(Cl)c(Cl)c1)c1nc2ccccc2n2cncc12. The van der Waals surface area contributed by atoms with Crippen LogP contribution in [0.25, 0.3) is 16.6 Å². The van der Waals surface area contributed by atoms with Crippen molar-refractivity contribution in [3.05, 3.63) is 65.0 Å². The number of anilines is 2. The van der Waals surface area contributed by atoms with Gasteiger partial charge in [0.25, 0.3) is 0 Å². The van der Waals surface area contributed by atoms with Crippen LogP contribution in [0.2, 0.25) is 10.0 Å². The van der Waals surface area contributed by atoms with Gasteiger partial charge in [-0.2, -0.15) is 0 Å². The van der Waals surface area contributed by atoms with E-state index in [2.05, 4.69) is 4.98 Å². The van der Waals surface area contributed by atoms with Crippen LogP contribution in [0.4, 0.5) is 11.5 Å². The van der Waals surface area contributed by atoms with Crippen LogP contribution in [0.1, 0.15) is 0 Å². The number of benzene rings is 2. The lowest BCUT2D eigenvalue weighted by Crippen LogP contribution is -2.13. The van der Waals surface area contributed by atoms with E-state index >= 15 is 0 Å². The Labute approximate surface area is 142 Å². The first-order chi connectivity index (χ1) is 11.1. The maximum Gasteiger partial charge on any atom is 0.159 e. The van der Waals surface area contributed by atoms with Gasteiger partial charge in [0.1, 0.15) is 5.52 Å². The number of nitrogens with zero attached hydrogens (tertiary/aromatic N) is 4. The highest BCUT2D eigenvalue weighted by molar-refractivity contribution is 6.42. The van der Waals surface area contributed by atoms with Crippen LogP contribution in [0.15, 0.2) is 55.0 Å². The minimum absolute atomic E-state index is 0.515. The largest absolute Gasteiger partial charge is 0.328 e. The number of aromatic nitrogens is 3. The molecule has 0 fully saturated rings. The van der Waals surface area contributed by atoms with E-state index in [1.165, 1.54) is 0 Å². The van der Waals surface area contributed by atoms with E-state index in [9.17, 15) is 0 Å². The summed E-state index contributed by atoms with van der Waals surface area (Å²) >= 11 is 12.1. The summed E-state index contributed by atoms with van der Waals surface area (Å²) < 4.78 is 2.03. The topological polar surface area (TPSA) is 33.4 Å². The quantitative estimate of drug-likeness (QED) is 0.516. The molecule has 2 aromatic heterocycles. The fraction of sp³-hybridized carbons (Fsp3) is 0.0588. The number of halogens is 2. The number of para-hydroxylation sites is 2. The highest BCUT2D eigenvalue weighted by atomic mass is 35.5. The smallest absolute Gasteiger partial charge is 0.159 e. The van der Waals surface area contributed by atoms with Gasteiger partial charge < -0.3 is 4.90 Å². The molecule has 0 saturated carbocycles. The van der Waals surface area contributed by atoms with Crippen molar-refractivity contribution in [1.82, 2.24) is 14.4 Å². The Balaban J connectivity index is 1.95. The molecule has 23 heavy (non-hydrogen) atoms. The van der Waals surface area contributed by atoms with Gasteiger partial charge >= 0.3 is 0 Å². The molecule has 0 amide bonds. The van der Waals surface area contributed by atoms with Crippen LogP contribution in [-0.4, -0.2) is 21.4 Å². The van der Waals surface area contributed by atoms with Crippen LogP contribution >= 0.6 is 23.2 Å². The third kappa shape index (κ3) is 2.31. The maximum absolute atomic E-state index is 6.14. The Bertz CT molecular complexity index is 1030. The molecule has 0 unspecified atom stereocenters. The van der Waals surface area contributed by atoms with E-state index in [0.717, 1.165) is 28.1 Å². The molecule has 0 atom stereocenters. The maximum atomic E-state index is 6.14. The first kappa shape index (κ1) is 14.3. The molecule has 114 valence electrons. The van der Waals surface area contributed by atoms with E-state index in [1.54, 1.807) is 12.4 Å². The molecule has 0 N–H and O–H groups in total. The Morgan fingerprint density at radius 1 is 1.00 bits per heavy atom. The van der Waals surface area contributed by atoms with Crippen LogP contribution in [0.3, 0.4) is 0 Å². The minimum atomic E-state index is 0.515. The van der Waals surface area contributed by atoms with Gasteiger partial charge in [0.15, 0.2) is 5.82 Å². The van der Waals surface area contributed by atoms with Crippen molar-refractivity contribution in [2.75, 3.05) is 11.9 Å². The normalized spacial score (nSPS) is 11.3. The third-order valence-corrected chi connectivity index (χ3v) is 4.58. The van der Waals surface area contributed by atoms with Crippen molar-refractivity contribution in [1.29, 1.82) is 0 Å². The molecule has 0 radical (unpaired) electrons. The number of hydrogen-bond acceptors (Lipinski definition) is 3. The molecule has 2 aromatic carbocycles. The zero-order valence-corrected chi connectivity index (χ0v) is 13.8. The molecule has 0 saturated heterocycles. The van der Waals surface area contributed by atoms with Gasteiger partial charge in [0.05, 0.1) is 33.6 Å². The lowest BCUT2D eigenvalue weighted by Gasteiger charge is -2.20. The number of imidazole rings is 1. The molecular formula is C17H12Cl2N4. The molecule has 4 rings (SSSR count). The van der Waals surface area contributed by atoms with Crippen molar-refractivity contribution in [3.8, 4) is 0 Å². The average molecular weight is 343 g/mol. The Morgan fingerprint density at radius 2 is 1.83 bits per heavy atom. The predicted octanol–water partition coefficient (Wildman–Crippen LogP) is 4.96. The summed E-state index contributed by atoms with van der Waals surface area (Å²) in [4.78, 5) is 11.0. The number of rotatable bonds is 2. The van der Waals surface area contributed by atoms with Gasteiger partial charge in [0, 0.05) is 12.7 Å². The summed E-state index contributed by atoms with van der Waals surface area (Å²) in [6.07, 6.45) is 3.61. The van der Waals surface area contributed by atoms with Crippen molar-refractivity contribution in [2.24, 2.45) is 0 Å². The van der Waals surface area contributed by atoms with Crippen LogP contribution in [0.5, 0.6) is 0 Å². The zero-order valence-electron chi connectivity index (χ0n) is 12.2. The molecule has 0 aliphatic heterocycles. The third-order valence-electron chi connectivity index (χ3n) is 3.84. The van der Waals surface area contributed by atoms with Gasteiger partial charge in [-0.25, -0.2) is 9.97 Å². The standard InChI is InChI=1S/C17H12Cl2N4/c1-22(11-6-7-12(18)13(19)8-11)17-16-9-20-10-23(16)15-5-3-2-4-14(15)21-17/h2-10H,1H3. The van der Waals surface area contributed by atoms with E-state index in [1.807, 2.05) is 58.9 Å². The molecule has 4 nitrogen and oxygen atoms in total. The van der Waals surface area contributed by atoms with E-state index in [-0.39, 0.29) is 0 Å². The predicted molar refractivity (Wildman–Crippen MR) is 95.0 cm³/mol. The van der Waals surface area contributed by atoms with Gasteiger partial charge in [-0.05, 0) is 30.3 Å². The second-order valence-electron chi connectivity index (χ2n) is 5.23. The molecule has 2 heterocycles. The second-order valence-corrected chi connectivity index (χ2v) is 6.04. The van der Waals surface area contributed by atoms with Crippen molar-refractivity contribution < 1.29 is 0 Å². The second kappa shape index (κ2) is 5.41. The molecule has 0 bridgehead atoms. The summed E-state index contributed by atoms with van der Waals surface area (Å²) in [5.74, 6) is 0.805. The monoisotopic (exact) mass is 342 g/mol. The van der Waals surface area contributed by atoms with Crippen LogP contribution in [-0.2, 0) is 0 Å². The fourth-order valence-electron chi connectivity index (χ4n) is 2.65. The van der Waals surface area contributed by atoms with Crippen LogP contribution < -0.4 is 4.90 Å². The summed E-state index contributed by atoms with van der Waals surface area (Å²) in [7, 11) is 1.95. The van der Waals surface area contributed by atoms with Crippen molar-refractivity contribution in [2.45, 2.75) is 0 Å². The van der Waals surface area contributed by atoms with E-state index < -0.39 is 0 Å². The van der Waals surface area contributed by atoms with Gasteiger partial charge in [0.2, 0.25) is 0 Å². The molecule has 0 aliphatic rings. The summed E-state index contributed by atoms with van der Waals surface area (Å²) in [6.45, 7) is 0. The van der Waals surface area contributed by atoms with Crippen molar-refractivity contribution >= 4 is 51.3 Å². The van der Waals surface area contributed by atoms with Gasteiger partial charge in [-0.15, -0.1) is 0 Å². The molecule has 0 aliphatic carbocycles. The lowest BCUT2D eigenvalue weighted by molar-refractivity contribution is 1.12. The van der Waals surface area contributed by atoms with Gasteiger partial charge in [-0.3, -0.25) is 4.40 Å². The molecular weight excluding hydrogens is 331 g/mol. The Hall–Kier alpha value is -2.30. The van der Waals surface area contributed by atoms with Crippen LogP contribution in [0, 0.1) is 0 Å². The summed E-state index contributed by atoms with van der Waals surface area (Å²) in [5, 5.41) is 1.05. The number of fused-ring (bicyclic) bond motifs is 3. The Kier molecular flexibility index (Phi) is 3.36. The van der Waals surface area contributed by atoms with Crippen molar-refractivity contribution in [3.63, 3.8) is 0 Å². The summed E-state index contributed by atoms with van der Waals surface area (Å²) in [5.41, 5.74) is 3.76. The Morgan fingerprint density at radius 3 is 2.65 bits per heavy atom. The first-order valence-electron chi connectivity index (χ1n) is 7.05. The fourth-order valence-corrected chi connectivity index (χ4v) is 2.94. The van der Waals surface area contributed by atoms with Gasteiger partial charge in [-0.1, -0.05) is 35.3 Å². The highest BCUT2D eigenvalue weighted by Gasteiger charge is 2.14.